The van der Waals surface area contributed by atoms with Crippen molar-refractivity contribution in [1.29, 1.82) is 0 Å². The molecule has 1 aromatic carbocycles. The standard InChI is InChI=1S/C32H48N2O7S/c1-32(2,3)41-30(35)17-15-13-11-9-7-5-4-6-8-10-12-14-16-24-40-27-19-21-28(22-20-27)42(38,39)34-29-23-18-26(25-33-29)31(36)37/h18-23,25H,4-17,24H2,1-3H3,(H,33,34)(H,36,37). The van der Waals surface area contributed by atoms with Gasteiger partial charge in [-0.25, -0.2) is 18.2 Å². The van der Waals surface area contributed by atoms with E-state index < -0.39 is 21.6 Å². The van der Waals surface area contributed by atoms with E-state index in [0.717, 1.165) is 31.9 Å². The average molecular weight is 605 g/mol. The number of carbonyl (C=O) groups excluding carboxylic acids is 1. The Labute approximate surface area is 251 Å². The van der Waals surface area contributed by atoms with Crippen LogP contribution in [0.2, 0.25) is 0 Å². The first kappa shape index (κ1) is 35.1. The first-order chi connectivity index (χ1) is 20.0. The molecule has 10 heteroatoms. The zero-order chi connectivity index (χ0) is 30.8. The molecule has 0 aliphatic heterocycles. The molecular weight excluding hydrogens is 556 g/mol. The number of carboxylic acid groups (broad SMARTS) is 1. The minimum atomic E-state index is -3.85. The monoisotopic (exact) mass is 604 g/mol. The van der Waals surface area contributed by atoms with Crippen LogP contribution in [0.4, 0.5) is 5.82 Å². The number of pyridine rings is 1. The Morgan fingerprint density at radius 2 is 1.31 bits per heavy atom. The van der Waals surface area contributed by atoms with E-state index in [4.69, 9.17) is 14.6 Å². The Hall–Kier alpha value is -3.14. The lowest BCUT2D eigenvalue weighted by Gasteiger charge is -2.19. The summed E-state index contributed by atoms with van der Waals surface area (Å²) in [6, 6.07) is 8.78. The Morgan fingerprint density at radius 3 is 1.79 bits per heavy atom. The number of rotatable bonds is 21. The van der Waals surface area contributed by atoms with Crippen LogP contribution in [0.1, 0.15) is 121 Å². The molecule has 234 valence electrons. The average Bonchev–Trinajstić information content (AvgIpc) is 2.92. The van der Waals surface area contributed by atoms with E-state index in [1.807, 2.05) is 20.8 Å². The molecule has 0 amide bonds. The topological polar surface area (TPSA) is 132 Å². The Kier molecular flexibility index (Phi) is 15.4. The van der Waals surface area contributed by atoms with Gasteiger partial charge in [-0.1, -0.05) is 70.6 Å². The van der Waals surface area contributed by atoms with Crippen molar-refractivity contribution in [2.45, 2.75) is 121 Å². The highest BCUT2D eigenvalue weighted by Gasteiger charge is 2.16. The van der Waals surface area contributed by atoms with Gasteiger partial charge >= 0.3 is 11.9 Å². The van der Waals surface area contributed by atoms with Crippen LogP contribution in [-0.4, -0.2) is 42.7 Å². The van der Waals surface area contributed by atoms with Crippen LogP contribution in [0.25, 0.3) is 0 Å². The van der Waals surface area contributed by atoms with Gasteiger partial charge in [-0.05, 0) is 70.0 Å². The van der Waals surface area contributed by atoms with Crippen LogP contribution in [0.3, 0.4) is 0 Å². The molecule has 0 spiro atoms. The summed E-state index contributed by atoms with van der Waals surface area (Å²) in [5.74, 6) is -0.567. The van der Waals surface area contributed by atoms with E-state index in [2.05, 4.69) is 9.71 Å². The van der Waals surface area contributed by atoms with Gasteiger partial charge in [-0.3, -0.25) is 9.52 Å². The molecule has 0 unspecified atom stereocenters. The third-order valence-corrected chi connectivity index (χ3v) is 7.97. The molecule has 1 heterocycles. The van der Waals surface area contributed by atoms with Gasteiger partial charge in [0.05, 0.1) is 17.1 Å². The molecule has 0 atom stereocenters. The summed E-state index contributed by atoms with van der Waals surface area (Å²) >= 11 is 0. The highest BCUT2D eigenvalue weighted by atomic mass is 32.2. The fraction of sp³-hybridized carbons (Fsp3) is 0.594. The van der Waals surface area contributed by atoms with E-state index in [0.29, 0.717) is 18.8 Å². The molecule has 0 saturated carbocycles. The first-order valence-electron chi connectivity index (χ1n) is 15.1. The van der Waals surface area contributed by atoms with Crippen molar-refractivity contribution in [1.82, 2.24) is 4.98 Å². The van der Waals surface area contributed by atoms with Crippen LogP contribution in [-0.2, 0) is 19.6 Å². The molecule has 0 radical (unpaired) electrons. The molecule has 0 aliphatic carbocycles. The SMILES string of the molecule is CC(C)(C)OC(=O)CCCCCCCCCCCCCCCOc1ccc(S(=O)(=O)Nc2ccc(C(=O)O)cn2)cc1. The van der Waals surface area contributed by atoms with Gasteiger partial charge in [0.25, 0.3) is 10.0 Å². The Balaban J connectivity index is 1.45. The van der Waals surface area contributed by atoms with E-state index in [1.54, 1.807) is 12.1 Å². The van der Waals surface area contributed by atoms with Gasteiger partial charge in [0.1, 0.15) is 17.2 Å². The summed E-state index contributed by atoms with van der Waals surface area (Å²) in [4.78, 5) is 26.5. The number of carboxylic acids is 1. The fourth-order valence-electron chi connectivity index (χ4n) is 4.39. The molecule has 9 nitrogen and oxygen atoms in total. The van der Waals surface area contributed by atoms with Gasteiger partial charge in [-0.2, -0.15) is 0 Å². The van der Waals surface area contributed by atoms with Crippen molar-refractivity contribution in [3.8, 4) is 5.75 Å². The summed E-state index contributed by atoms with van der Waals surface area (Å²) in [6.07, 6.45) is 16.9. The summed E-state index contributed by atoms with van der Waals surface area (Å²) in [5.41, 5.74) is -0.415. The van der Waals surface area contributed by atoms with Crippen molar-refractivity contribution in [2.24, 2.45) is 0 Å². The zero-order valence-corrected chi connectivity index (χ0v) is 26.2. The zero-order valence-electron chi connectivity index (χ0n) is 25.4. The lowest BCUT2D eigenvalue weighted by molar-refractivity contribution is -0.154. The maximum Gasteiger partial charge on any atom is 0.337 e. The van der Waals surface area contributed by atoms with Crippen LogP contribution in [0.15, 0.2) is 47.5 Å². The second-order valence-electron chi connectivity index (χ2n) is 11.6. The highest BCUT2D eigenvalue weighted by molar-refractivity contribution is 7.92. The van der Waals surface area contributed by atoms with Gasteiger partial charge in [0.2, 0.25) is 0 Å². The quantitative estimate of drug-likeness (QED) is 0.109. The predicted molar refractivity (Wildman–Crippen MR) is 164 cm³/mol. The molecule has 0 saturated heterocycles. The van der Waals surface area contributed by atoms with Gasteiger partial charge in [0.15, 0.2) is 0 Å². The Bertz CT molecular complexity index is 1170. The normalized spacial score (nSPS) is 11.7. The van der Waals surface area contributed by atoms with Crippen molar-refractivity contribution in [2.75, 3.05) is 11.3 Å². The lowest BCUT2D eigenvalue weighted by Crippen LogP contribution is -2.23. The lowest BCUT2D eigenvalue weighted by atomic mass is 10.0. The Morgan fingerprint density at radius 1 is 0.786 bits per heavy atom. The third kappa shape index (κ3) is 15.2. The number of hydrogen-bond acceptors (Lipinski definition) is 7. The number of sulfonamides is 1. The number of aromatic nitrogens is 1. The molecule has 1 aromatic heterocycles. The maximum atomic E-state index is 12.6. The summed E-state index contributed by atoms with van der Waals surface area (Å²) in [7, 11) is -3.85. The van der Waals surface area contributed by atoms with Gasteiger partial charge in [0, 0.05) is 12.6 Å². The van der Waals surface area contributed by atoms with Gasteiger partial charge in [-0.15, -0.1) is 0 Å². The van der Waals surface area contributed by atoms with E-state index >= 15 is 0 Å². The van der Waals surface area contributed by atoms with Crippen molar-refractivity contribution in [3.63, 3.8) is 0 Å². The molecule has 2 N–H and O–H groups in total. The number of hydrogen-bond donors (Lipinski definition) is 2. The molecular formula is C32H48N2O7S. The van der Waals surface area contributed by atoms with Crippen molar-refractivity contribution in [3.05, 3.63) is 48.2 Å². The molecule has 0 bridgehead atoms. The number of carbonyl (C=O) groups is 2. The summed E-state index contributed by atoms with van der Waals surface area (Å²) < 4.78 is 38.6. The van der Waals surface area contributed by atoms with Crippen molar-refractivity contribution >= 4 is 27.8 Å². The van der Waals surface area contributed by atoms with Crippen molar-refractivity contribution < 1.29 is 32.6 Å². The molecule has 2 rings (SSSR count). The summed E-state index contributed by atoms with van der Waals surface area (Å²) in [5, 5.41) is 8.92. The first-order valence-corrected chi connectivity index (χ1v) is 16.6. The van der Waals surface area contributed by atoms with Crippen LogP contribution >= 0.6 is 0 Å². The van der Waals surface area contributed by atoms with E-state index in [1.165, 1.54) is 82.1 Å². The van der Waals surface area contributed by atoms with E-state index in [9.17, 15) is 18.0 Å². The number of aromatic carboxylic acids is 1. The van der Waals surface area contributed by atoms with E-state index in [-0.39, 0.29) is 22.2 Å². The van der Waals surface area contributed by atoms with Crippen LogP contribution in [0, 0.1) is 0 Å². The number of esters is 1. The van der Waals surface area contributed by atoms with Gasteiger partial charge < -0.3 is 14.6 Å². The van der Waals surface area contributed by atoms with Crippen LogP contribution in [0.5, 0.6) is 5.75 Å². The largest absolute Gasteiger partial charge is 0.494 e. The number of nitrogens with one attached hydrogen (secondary N) is 1. The molecule has 0 aliphatic rings. The maximum absolute atomic E-state index is 12.6. The number of ether oxygens (including phenoxy) is 2. The second kappa shape index (κ2) is 18.4. The molecule has 0 fully saturated rings. The summed E-state index contributed by atoms with van der Waals surface area (Å²) in [6.45, 7) is 6.29. The number of benzene rings is 1. The third-order valence-electron chi connectivity index (χ3n) is 6.60. The molecule has 42 heavy (non-hydrogen) atoms. The number of nitrogens with zero attached hydrogens (tertiary/aromatic N) is 1. The minimum Gasteiger partial charge on any atom is -0.494 e. The predicted octanol–water partition coefficient (Wildman–Crippen LogP) is 7.76. The number of unbranched alkanes of at least 4 members (excludes halogenated alkanes) is 12. The smallest absolute Gasteiger partial charge is 0.337 e. The highest BCUT2D eigenvalue weighted by Crippen LogP contribution is 2.20. The van der Waals surface area contributed by atoms with Crippen LogP contribution < -0.4 is 9.46 Å². The second-order valence-corrected chi connectivity index (χ2v) is 13.3. The molecule has 2 aromatic rings. The fourth-order valence-corrected chi connectivity index (χ4v) is 5.40. The number of anilines is 1. The minimum absolute atomic E-state index is 0.0248.